The molecule has 0 saturated heterocycles. The number of nitrogens with zero attached hydrogens (tertiary/aromatic N) is 2. The van der Waals surface area contributed by atoms with Crippen molar-refractivity contribution in [1.82, 2.24) is 14.7 Å². The Morgan fingerprint density at radius 1 is 1.15 bits per heavy atom. The molecule has 2 heterocycles. The number of aromatic nitrogens is 2. The van der Waals surface area contributed by atoms with Crippen LogP contribution in [0.5, 0.6) is 0 Å². The van der Waals surface area contributed by atoms with E-state index in [-0.39, 0.29) is 17.5 Å². The number of carbonyl (C=O) groups is 1. The molecule has 6 heteroatoms. The van der Waals surface area contributed by atoms with Crippen molar-refractivity contribution in [2.45, 2.75) is 25.8 Å². The van der Waals surface area contributed by atoms with Gasteiger partial charge in [-0.15, -0.1) is 0 Å². The Morgan fingerprint density at radius 2 is 1.89 bits per heavy atom. The van der Waals surface area contributed by atoms with Crippen LogP contribution in [0.3, 0.4) is 0 Å². The van der Waals surface area contributed by atoms with Gasteiger partial charge in [0.2, 0.25) is 0 Å². The first kappa shape index (κ1) is 17.4. The summed E-state index contributed by atoms with van der Waals surface area (Å²) in [6.45, 7) is 1.98. The van der Waals surface area contributed by atoms with Gasteiger partial charge in [0.1, 0.15) is 4.88 Å². The van der Waals surface area contributed by atoms with E-state index < -0.39 is 0 Å². The molecule has 2 aromatic heterocycles. The minimum absolute atomic E-state index is 0.00931. The lowest BCUT2D eigenvalue weighted by Crippen LogP contribution is -2.33. The quantitative estimate of drug-likeness (QED) is 0.577. The van der Waals surface area contributed by atoms with Crippen LogP contribution in [0.4, 0.5) is 0 Å². The highest BCUT2D eigenvalue weighted by molar-refractivity contribution is 7.18. The van der Waals surface area contributed by atoms with Crippen LogP contribution in [0.15, 0.2) is 65.5 Å². The van der Waals surface area contributed by atoms with E-state index in [9.17, 15) is 9.59 Å². The lowest BCUT2D eigenvalue weighted by atomic mass is 10.1. The Labute approximate surface area is 160 Å². The topological polar surface area (TPSA) is 63.5 Å². The van der Waals surface area contributed by atoms with Gasteiger partial charge in [-0.2, -0.15) is 0 Å². The lowest BCUT2D eigenvalue weighted by molar-refractivity contribution is 0.0942. The van der Waals surface area contributed by atoms with E-state index in [0.29, 0.717) is 9.84 Å². The lowest BCUT2D eigenvalue weighted by Gasteiger charge is -2.13. The van der Waals surface area contributed by atoms with E-state index in [1.807, 2.05) is 49.4 Å². The smallest absolute Gasteiger partial charge is 0.261 e. The van der Waals surface area contributed by atoms with Crippen molar-refractivity contribution < 1.29 is 4.79 Å². The summed E-state index contributed by atoms with van der Waals surface area (Å²) in [7, 11) is 0. The first-order valence-electron chi connectivity index (χ1n) is 8.88. The van der Waals surface area contributed by atoms with Crippen molar-refractivity contribution in [2.24, 2.45) is 0 Å². The molecule has 0 aliphatic heterocycles. The van der Waals surface area contributed by atoms with Gasteiger partial charge in [0.15, 0.2) is 4.96 Å². The van der Waals surface area contributed by atoms with Crippen LogP contribution in [-0.4, -0.2) is 21.3 Å². The summed E-state index contributed by atoms with van der Waals surface area (Å²) in [5.74, 6) is -0.229. The maximum absolute atomic E-state index is 12.6. The zero-order valence-electron chi connectivity index (χ0n) is 14.9. The van der Waals surface area contributed by atoms with E-state index in [2.05, 4.69) is 22.4 Å². The van der Waals surface area contributed by atoms with Gasteiger partial charge < -0.3 is 5.32 Å². The molecule has 0 aliphatic carbocycles. The summed E-state index contributed by atoms with van der Waals surface area (Å²) < 4.78 is 1.55. The van der Waals surface area contributed by atoms with E-state index in [0.717, 1.165) is 23.9 Å². The SMILES string of the molecule is CC(CCc1ccccc1)NC(=O)c1cc(=O)n2c(nc3ccccc32)s1. The summed E-state index contributed by atoms with van der Waals surface area (Å²) in [6, 6.07) is 19.1. The highest BCUT2D eigenvalue weighted by atomic mass is 32.1. The molecule has 1 N–H and O–H groups in total. The fourth-order valence-electron chi connectivity index (χ4n) is 3.10. The number of nitrogens with one attached hydrogen (secondary N) is 1. The largest absolute Gasteiger partial charge is 0.349 e. The molecule has 0 radical (unpaired) electrons. The standard InChI is InChI=1S/C21H19N3O2S/c1-14(11-12-15-7-3-2-4-8-15)22-20(26)18-13-19(25)24-17-10-6-5-9-16(17)23-21(24)27-18/h2-10,13-14H,11-12H2,1H3,(H,22,26). The van der Waals surface area contributed by atoms with Gasteiger partial charge >= 0.3 is 0 Å². The Morgan fingerprint density at radius 3 is 2.70 bits per heavy atom. The number of carbonyl (C=O) groups excluding carboxylic acids is 1. The number of fused-ring (bicyclic) bond motifs is 3. The second-order valence-corrected chi connectivity index (χ2v) is 7.58. The molecule has 0 bridgehead atoms. The maximum atomic E-state index is 12.6. The molecule has 136 valence electrons. The van der Waals surface area contributed by atoms with E-state index in [4.69, 9.17) is 0 Å². The van der Waals surface area contributed by atoms with Crippen LogP contribution in [0.1, 0.15) is 28.6 Å². The van der Waals surface area contributed by atoms with Crippen LogP contribution < -0.4 is 10.9 Å². The van der Waals surface area contributed by atoms with E-state index in [1.54, 1.807) is 4.40 Å². The Kier molecular flexibility index (Phi) is 4.73. The first-order valence-corrected chi connectivity index (χ1v) is 9.69. The normalized spacial score (nSPS) is 12.3. The highest BCUT2D eigenvalue weighted by Crippen LogP contribution is 2.19. The molecule has 0 aliphatic rings. The molecule has 27 heavy (non-hydrogen) atoms. The number of aryl methyl sites for hydroxylation is 1. The Balaban J connectivity index is 1.52. The van der Waals surface area contributed by atoms with Gasteiger partial charge in [-0.25, -0.2) is 4.98 Å². The summed E-state index contributed by atoms with van der Waals surface area (Å²) >= 11 is 1.23. The molecule has 1 atom stereocenters. The van der Waals surface area contributed by atoms with Crippen LogP contribution in [-0.2, 0) is 6.42 Å². The third-order valence-electron chi connectivity index (χ3n) is 4.52. The van der Waals surface area contributed by atoms with Crippen LogP contribution in [0, 0.1) is 0 Å². The molecule has 4 rings (SSSR count). The monoisotopic (exact) mass is 377 g/mol. The molecule has 0 spiro atoms. The molecule has 0 saturated carbocycles. The van der Waals surface area contributed by atoms with Gasteiger partial charge in [-0.05, 0) is 37.5 Å². The predicted molar refractivity (Wildman–Crippen MR) is 109 cm³/mol. The van der Waals surface area contributed by atoms with Gasteiger partial charge in [-0.1, -0.05) is 53.8 Å². The predicted octanol–water partition coefficient (Wildman–Crippen LogP) is 3.66. The van der Waals surface area contributed by atoms with Gasteiger partial charge in [0, 0.05) is 12.1 Å². The molecule has 5 nitrogen and oxygen atoms in total. The van der Waals surface area contributed by atoms with Gasteiger partial charge in [0.25, 0.3) is 11.5 Å². The molecule has 1 unspecified atom stereocenters. The zero-order valence-corrected chi connectivity index (χ0v) is 15.7. The molecular formula is C21H19N3O2S. The number of hydrogen-bond donors (Lipinski definition) is 1. The Hall–Kier alpha value is -2.99. The van der Waals surface area contributed by atoms with E-state index in [1.165, 1.54) is 23.0 Å². The third-order valence-corrected chi connectivity index (χ3v) is 5.50. The average molecular weight is 377 g/mol. The second kappa shape index (κ2) is 7.32. The number of rotatable bonds is 5. The summed E-state index contributed by atoms with van der Waals surface area (Å²) in [5.41, 5.74) is 2.52. The fourth-order valence-corrected chi connectivity index (χ4v) is 4.03. The van der Waals surface area contributed by atoms with Crippen molar-refractivity contribution in [3.63, 3.8) is 0 Å². The summed E-state index contributed by atoms with van der Waals surface area (Å²) in [6.07, 6.45) is 1.73. The Bertz CT molecular complexity index is 1160. The number of hydrogen-bond acceptors (Lipinski definition) is 4. The number of amides is 1. The van der Waals surface area contributed by atoms with Crippen LogP contribution >= 0.6 is 11.3 Å². The van der Waals surface area contributed by atoms with Gasteiger partial charge in [0.05, 0.1) is 11.0 Å². The minimum atomic E-state index is -0.237. The summed E-state index contributed by atoms with van der Waals surface area (Å²) in [5, 5.41) is 2.99. The minimum Gasteiger partial charge on any atom is -0.349 e. The van der Waals surface area contributed by atoms with Crippen molar-refractivity contribution in [3.8, 4) is 0 Å². The van der Waals surface area contributed by atoms with Crippen molar-refractivity contribution in [3.05, 3.63) is 81.5 Å². The maximum Gasteiger partial charge on any atom is 0.261 e. The number of para-hydroxylation sites is 2. The van der Waals surface area contributed by atoms with Crippen molar-refractivity contribution in [1.29, 1.82) is 0 Å². The number of imidazole rings is 1. The number of benzene rings is 2. The fraction of sp³-hybridized carbons (Fsp3) is 0.190. The summed E-state index contributed by atoms with van der Waals surface area (Å²) in [4.78, 5) is 30.5. The van der Waals surface area contributed by atoms with Gasteiger partial charge in [-0.3, -0.25) is 14.0 Å². The molecule has 4 aromatic rings. The second-order valence-electron chi connectivity index (χ2n) is 6.57. The third kappa shape index (κ3) is 3.61. The van der Waals surface area contributed by atoms with Crippen molar-refractivity contribution in [2.75, 3.05) is 0 Å². The van der Waals surface area contributed by atoms with Crippen LogP contribution in [0.2, 0.25) is 0 Å². The highest BCUT2D eigenvalue weighted by Gasteiger charge is 2.15. The van der Waals surface area contributed by atoms with Crippen LogP contribution in [0.25, 0.3) is 16.0 Å². The van der Waals surface area contributed by atoms with E-state index >= 15 is 0 Å². The molecule has 1 amide bonds. The van der Waals surface area contributed by atoms with Crippen molar-refractivity contribution >= 4 is 33.2 Å². The molecule has 0 fully saturated rings. The zero-order chi connectivity index (χ0) is 18.8. The average Bonchev–Trinajstić information content (AvgIpc) is 3.06. The molecule has 2 aromatic carbocycles. The molecular weight excluding hydrogens is 358 g/mol. The first-order chi connectivity index (χ1) is 13.1.